The molecule has 1 aliphatic heterocycles. The molecule has 1 saturated heterocycles. The fourth-order valence-electron chi connectivity index (χ4n) is 7.41. The van der Waals surface area contributed by atoms with Crippen LogP contribution in [0.15, 0.2) is 29.6 Å². The van der Waals surface area contributed by atoms with E-state index in [-0.39, 0.29) is 54.5 Å². The van der Waals surface area contributed by atoms with Crippen molar-refractivity contribution in [2.45, 2.75) is 130 Å². The Kier molecular flexibility index (Phi) is 17.3. The number of nitrogens with zero attached hydrogens (tertiary/aromatic N) is 3. The minimum absolute atomic E-state index is 0.0278. The first kappa shape index (κ1) is 45.5. The number of ether oxygens (including phenoxy) is 1. The van der Waals surface area contributed by atoms with E-state index in [1.165, 1.54) is 11.3 Å². The molecule has 1 aliphatic rings. The predicted molar refractivity (Wildman–Crippen MR) is 216 cm³/mol. The lowest BCUT2D eigenvalue weighted by atomic mass is 9.77. The van der Waals surface area contributed by atoms with Crippen LogP contribution >= 0.6 is 11.3 Å². The highest BCUT2D eigenvalue weighted by Crippen LogP contribution is 2.35. The van der Waals surface area contributed by atoms with Gasteiger partial charge in [0.2, 0.25) is 5.91 Å². The van der Waals surface area contributed by atoms with Crippen molar-refractivity contribution < 1.29 is 33.8 Å². The maximum absolute atomic E-state index is 14.4. The number of carbonyl (C=O) groups is 5. The van der Waals surface area contributed by atoms with Gasteiger partial charge in [0.15, 0.2) is 11.9 Å². The van der Waals surface area contributed by atoms with Gasteiger partial charge >= 0.3 is 12.1 Å². The highest BCUT2D eigenvalue weighted by Gasteiger charge is 2.42. The summed E-state index contributed by atoms with van der Waals surface area (Å²) >= 11 is 1.19. The number of aryl methyl sites for hydroxylation is 1. The van der Waals surface area contributed by atoms with E-state index in [0.29, 0.717) is 18.0 Å². The molecule has 3 N–H and O–H groups in total. The molecule has 0 bridgehead atoms. The molecular weight excluding hydrogens is 719 g/mol. The molecule has 12 nitrogen and oxygen atoms in total. The second kappa shape index (κ2) is 20.9. The number of alkyl carbamates (subject to hydrolysis) is 1. The van der Waals surface area contributed by atoms with Crippen LogP contribution in [0.25, 0.3) is 0 Å². The smallest absolute Gasteiger partial charge is 0.407 e. The second-order valence-corrected chi connectivity index (χ2v) is 17.0. The molecule has 0 radical (unpaired) electrons. The van der Waals surface area contributed by atoms with Crippen molar-refractivity contribution in [3.8, 4) is 0 Å². The highest BCUT2D eigenvalue weighted by atomic mass is 32.1. The Balaban J connectivity index is 1.87. The Bertz CT molecular complexity index is 1600. The number of carboxylic acids is 1. The Morgan fingerprint density at radius 1 is 1.05 bits per heavy atom. The molecule has 3 rings (SSSR count). The molecule has 7 atom stereocenters. The third-order valence-corrected chi connectivity index (χ3v) is 12.5. The van der Waals surface area contributed by atoms with Crippen LogP contribution in [0.4, 0.5) is 4.79 Å². The zero-order chi connectivity index (χ0) is 41.0. The zero-order valence-corrected chi connectivity index (χ0v) is 35.5. The van der Waals surface area contributed by atoms with Crippen molar-refractivity contribution in [3.63, 3.8) is 0 Å². The van der Waals surface area contributed by atoms with E-state index in [0.717, 1.165) is 43.4 Å². The predicted octanol–water partition coefficient (Wildman–Crippen LogP) is 7.06. The lowest BCUT2D eigenvalue weighted by Crippen LogP contribution is -2.54. The molecule has 55 heavy (non-hydrogen) atoms. The molecule has 1 aromatic heterocycles. The lowest BCUT2D eigenvalue weighted by Gasteiger charge is -2.43. The number of Topliss-reactive ketones (excluding diaryl/α,β-unsaturated/α-hetero) is 1. The number of carbonyl (C=O) groups excluding carboxylic acids is 4. The van der Waals surface area contributed by atoms with Crippen molar-refractivity contribution in [2.24, 2.45) is 23.7 Å². The molecule has 0 unspecified atom stereocenters. The lowest BCUT2D eigenvalue weighted by molar-refractivity contribution is -0.144. The van der Waals surface area contributed by atoms with Gasteiger partial charge in [-0.05, 0) is 83.9 Å². The van der Waals surface area contributed by atoms with Gasteiger partial charge in [0.05, 0.1) is 11.5 Å². The maximum Gasteiger partial charge on any atom is 0.407 e. The Morgan fingerprint density at radius 2 is 1.73 bits per heavy atom. The number of likely N-dealkylation sites (tertiary alicyclic amines) is 1. The number of nitrogens with one attached hydrogen (secondary N) is 2. The molecule has 0 saturated carbocycles. The number of thiazole rings is 1. The van der Waals surface area contributed by atoms with Gasteiger partial charge in [0.1, 0.15) is 10.7 Å². The number of ketones is 1. The van der Waals surface area contributed by atoms with Crippen LogP contribution in [0.3, 0.4) is 0 Å². The van der Waals surface area contributed by atoms with Gasteiger partial charge in [-0.2, -0.15) is 0 Å². The number of carboxylic acid groups (broad SMARTS) is 1. The van der Waals surface area contributed by atoms with E-state index in [4.69, 9.17) is 4.74 Å². The largest absolute Gasteiger partial charge is 0.481 e. The Hall–Kier alpha value is -3.84. The molecule has 2 aromatic rings. The fourth-order valence-corrected chi connectivity index (χ4v) is 8.25. The number of aromatic nitrogens is 1. The Labute approximate surface area is 332 Å². The summed E-state index contributed by atoms with van der Waals surface area (Å²) in [6.07, 6.45) is 3.08. The van der Waals surface area contributed by atoms with E-state index < -0.39 is 47.5 Å². The van der Waals surface area contributed by atoms with Gasteiger partial charge in [-0.3, -0.25) is 24.1 Å². The van der Waals surface area contributed by atoms with Crippen molar-refractivity contribution in [1.29, 1.82) is 0 Å². The summed E-state index contributed by atoms with van der Waals surface area (Å²) in [7, 11) is 3.75. The van der Waals surface area contributed by atoms with Crippen molar-refractivity contribution in [1.82, 2.24) is 25.4 Å². The second-order valence-electron chi connectivity index (χ2n) is 16.1. The molecule has 0 aliphatic carbocycles. The summed E-state index contributed by atoms with van der Waals surface area (Å²) < 4.78 is 5.93. The monoisotopic (exact) mass is 783 g/mol. The Morgan fingerprint density at radius 3 is 2.31 bits per heavy atom. The SMILES string of the molecule is CCNC(=O)O[C@H](C[C@H](C(C)C)N(C)C(=O)[C@@H](CC(=O)[C@@]1(C)CCCCN1C)[C@@H](C)CC)c1nc(C(=O)N[C@@H](Cc2ccc(C)cc2)C[C@H](C)C(=O)O)cs1. The van der Waals surface area contributed by atoms with Gasteiger partial charge in [0, 0.05) is 49.8 Å². The first-order valence-corrected chi connectivity index (χ1v) is 20.8. The highest BCUT2D eigenvalue weighted by molar-refractivity contribution is 7.09. The molecule has 2 heterocycles. The van der Waals surface area contributed by atoms with E-state index in [1.54, 1.807) is 31.2 Å². The topological polar surface area (TPSA) is 158 Å². The number of rotatable bonds is 20. The molecule has 13 heteroatoms. The standard InChI is InChI=1S/C42H65N5O7S/c1-11-28(6)32(23-36(48)42(8)19-13-14-20-46(42)9)39(50)47(10)34(26(3)4)24-35(54-41(53)43-12-2)38-45-33(25-55-38)37(49)44-31(21-29(7)40(51)52)22-30-17-15-27(5)16-18-30/h15-18,25-26,28-29,31-32,34-35H,11-14,19-24H2,1-10H3,(H,43,53)(H,44,49)(H,51,52)/t28-,29-,31+,32-,34+,35+,42+/m0/s1. The minimum atomic E-state index is -0.944. The maximum atomic E-state index is 14.4. The normalized spacial score (nSPS) is 19.4. The number of aliphatic carboxylic acids is 1. The average Bonchev–Trinajstić information content (AvgIpc) is 3.64. The van der Waals surface area contributed by atoms with Crippen LogP contribution in [0.5, 0.6) is 0 Å². The number of amides is 3. The molecule has 306 valence electrons. The van der Waals surface area contributed by atoms with E-state index in [9.17, 15) is 29.1 Å². The van der Waals surface area contributed by atoms with Gasteiger partial charge in [-0.25, -0.2) is 9.78 Å². The van der Waals surface area contributed by atoms with Crippen LogP contribution in [-0.4, -0.2) is 94.4 Å². The third-order valence-electron chi connectivity index (χ3n) is 11.6. The van der Waals surface area contributed by atoms with Crippen LogP contribution < -0.4 is 10.6 Å². The van der Waals surface area contributed by atoms with Gasteiger partial charge in [0.25, 0.3) is 5.91 Å². The summed E-state index contributed by atoms with van der Waals surface area (Å²) in [5.41, 5.74) is 1.59. The average molecular weight is 784 g/mol. The first-order chi connectivity index (χ1) is 25.9. The number of hydrogen-bond acceptors (Lipinski definition) is 9. The van der Waals surface area contributed by atoms with Gasteiger partial charge < -0.3 is 25.4 Å². The molecule has 1 aromatic carbocycles. The summed E-state index contributed by atoms with van der Waals surface area (Å²) in [5.74, 6) is -2.70. The van der Waals surface area contributed by atoms with E-state index in [2.05, 4.69) is 20.5 Å². The van der Waals surface area contributed by atoms with Crippen molar-refractivity contribution in [3.05, 3.63) is 51.5 Å². The molecule has 1 fully saturated rings. The summed E-state index contributed by atoms with van der Waals surface area (Å²) in [6.45, 7) is 16.7. The summed E-state index contributed by atoms with van der Waals surface area (Å²) in [4.78, 5) is 75.1. The van der Waals surface area contributed by atoms with E-state index >= 15 is 0 Å². The van der Waals surface area contributed by atoms with Crippen LogP contribution in [0.1, 0.15) is 126 Å². The van der Waals surface area contributed by atoms with E-state index in [1.807, 2.05) is 72.9 Å². The van der Waals surface area contributed by atoms with Crippen LogP contribution in [0.2, 0.25) is 0 Å². The number of benzene rings is 1. The minimum Gasteiger partial charge on any atom is -0.481 e. The van der Waals surface area contributed by atoms with Crippen LogP contribution in [0, 0.1) is 30.6 Å². The zero-order valence-electron chi connectivity index (χ0n) is 34.6. The molecule has 3 amide bonds. The first-order valence-electron chi connectivity index (χ1n) is 19.9. The summed E-state index contributed by atoms with van der Waals surface area (Å²) in [5, 5.41) is 17.3. The number of hydrogen-bond donors (Lipinski definition) is 3. The van der Waals surface area contributed by atoms with Crippen LogP contribution in [-0.2, 0) is 25.5 Å². The van der Waals surface area contributed by atoms with Gasteiger partial charge in [-0.15, -0.1) is 11.3 Å². The fraction of sp³-hybridized carbons (Fsp3) is 0.667. The number of likely N-dealkylation sites (N-methyl/N-ethyl adjacent to an activating group) is 1. The quantitative estimate of drug-likeness (QED) is 0.128. The van der Waals surface area contributed by atoms with Crippen molar-refractivity contribution >= 4 is 41.0 Å². The third kappa shape index (κ3) is 12.6. The van der Waals surface area contributed by atoms with Gasteiger partial charge in [-0.1, -0.05) is 70.9 Å². The molecular formula is C42H65N5O7S. The summed E-state index contributed by atoms with van der Waals surface area (Å²) in [6, 6.07) is 7.04. The van der Waals surface area contributed by atoms with Crippen molar-refractivity contribution in [2.75, 3.05) is 27.2 Å². The molecule has 0 spiro atoms. The number of piperidine rings is 1.